The molecule has 0 heterocycles. The number of hydrogen-bond donors (Lipinski definition) is 4. The topological polar surface area (TPSA) is 49.3 Å². The number of amides is 1. The number of carboxylic acid groups (broad SMARTS) is 1. The maximum absolute atomic E-state index is 9.90. The second-order valence-electron chi connectivity index (χ2n) is 1.27. The van der Waals surface area contributed by atoms with E-state index < -0.39 is 11.5 Å². The molecule has 0 aromatic carbocycles. The van der Waals surface area contributed by atoms with Gasteiger partial charge in [0.05, 0.1) is 9.53 Å². The highest BCUT2D eigenvalue weighted by Gasteiger charge is 2.11. The van der Waals surface area contributed by atoms with Crippen LogP contribution in [0, 0.1) is 0 Å². The zero-order chi connectivity index (χ0) is 7.44. The Morgan fingerprint density at radius 1 is 1.67 bits per heavy atom. The van der Waals surface area contributed by atoms with E-state index in [1.54, 1.807) is 0 Å². The minimum atomic E-state index is -1.10. The Morgan fingerprint density at radius 2 is 2.11 bits per heavy atom. The van der Waals surface area contributed by atoms with Crippen molar-refractivity contribution in [3.63, 3.8) is 0 Å². The standard InChI is InChI=1S/C3H6BrNO2S2/c4-1(8)2(9)5-3(6)7/h1-2,5,8-9H,(H,6,7). The molecule has 0 radical (unpaired) electrons. The van der Waals surface area contributed by atoms with Crippen LogP contribution in [-0.2, 0) is 0 Å². The van der Waals surface area contributed by atoms with Gasteiger partial charge in [-0.3, -0.25) is 0 Å². The molecule has 0 aromatic rings. The molecule has 2 N–H and O–H groups in total. The smallest absolute Gasteiger partial charge is 0.405 e. The highest BCUT2D eigenvalue weighted by molar-refractivity contribution is 9.11. The molecular weight excluding hydrogens is 226 g/mol. The second-order valence-corrected chi connectivity index (χ2v) is 4.07. The van der Waals surface area contributed by atoms with Gasteiger partial charge in [-0.25, -0.2) is 4.79 Å². The first-order chi connectivity index (χ1) is 4.04. The Kier molecular flexibility index (Phi) is 4.51. The molecule has 0 fully saturated rings. The van der Waals surface area contributed by atoms with E-state index in [1.807, 2.05) is 0 Å². The third-order valence-electron chi connectivity index (χ3n) is 0.532. The summed E-state index contributed by atoms with van der Waals surface area (Å²) in [4.78, 5) is 9.90. The maximum atomic E-state index is 9.90. The van der Waals surface area contributed by atoms with Gasteiger partial charge in [-0.2, -0.15) is 25.3 Å². The molecule has 54 valence electrons. The normalized spacial score (nSPS) is 16.3. The van der Waals surface area contributed by atoms with Crippen LogP contribution in [-0.4, -0.2) is 20.7 Å². The molecule has 3 nitrogen and oxygen atoms in total. The van der Waals surface area contributed by atoms with Crippen LogP contribution >= 0.6 is 41.2 Å². The predicted molar refractivity (Wildman–Crippen MR) is 45.6 cm³/mol. The lowest BCUT2D eigenvalue weighted by Gasteiger charge is -2.10. The first-order valence-electron chi connectivity index (χ1n) is 2.03. The summed E-state index contributed by atoms with van der Waals surface area (Å²) < 4.78 is -0.267. The fourth-order valence-corrected chi connectivity index (χ4v) is 0.512. The Morgan fingerprint density at radius 3 is 2.22 bits per heavy atom. The van der Waals surface area contributed by atoms with E-state index in [9.17, 15) is 4.79 Å². The molecular formula is C3H6BrNO2S2. The van der Waals surface area contributed by atoms with Crippen molar-refractivity contribution in [2.75, 3.05) is 0 Å². The van der Waals surface area contributed by atoms with Gasteiger partial charge in [0, 0.05) is 0 Å². The lowest BCUT2D eigenvalue weighted by atomic mass is 10.7. The molecule has 0 spiro atoms. The summed E-state index contributed by atoms with van der Waals surface area (Å²) in [7, 11) is 0. The van der Waals surface area contributed by atoms with Gasteiger partial charge in [0.25, 0.3) is 0 Å². The summed E-state index contributed by atoms with van der Waals surface area (Å²) in [6, 6.07) is 0. The fraction of sp³-hybridized carbons (Fsp3) is 0.667. The van der Waals surface area contributed by atoms with Gasteiger partial charge >= 0.3 is 6.09 Å². The van der Waals surface area contributed by atoms with Gasteiger partial charge < -0.3 is 10.4 Å². The fourth-order valence-electron chi connectivity index (χ4n) is 0.195. The Bertz CT molecular complexity index is 110. The lowest BCUT2D eigenvalue weighted by molar-refractivity contribution is 0.194. The van der Waals surface area contributed by atoms with E-state index in [-0.39, 0.29) is 4.16 Å². The molecule has 0 saturated heterocycles. The largest absolute Gasteiger partial charge is 0.465 e. The molecule has 1 amide bonds. The quantitative estimate of drug-likeness (QED) is 0.328. The molecule has 0 bridgehead atoms. The first kappa shape index (κ1) is 9.45. The Hall–Kier alpha value is 0.450. The molecule has 2 unspecified atom stereocenters. The first-order valence-corrected chi connectivity index (χ1v) is 3.98. The number of nitrogens with one attached hydrogen (secondary N) is 1. The third kappa shape index (κ3) is 4.92. The van der Waals surface area contributed by atoms with Crippen LogP contribution in [0.4, 0.5) is 4.79 Å². The van der Waals surface area contributed by atoms with Gasteiger partial charge in [0.1, 0.15) is 0 Å². The van der Waals surface area contributed by atoms with E-state index in [4.69, 9.17) is 5.11 Å². The number of alkyl halides is 1. The van der Waals surface area contributed by atoms with Gasteiger partial charge in [-0.15, -0.1) is 0 Å². The zero-order valence-electron chi connectivity index (χ0n) is 4.28. The SMILES string of the molecule is O=C(O)NC(S)C(S)Br. The lowest BCUT2D eigenvalue weighted by Crippen LogP contribution is -2.33. The molecule has 0 aliphatic carbocycles. The summed E-state index contributed by atoms with van der Waals surface area (Å²) in [5.74, 6) is 0. The van der Waals surface area contributed by atoms with Crippen LogP contribution < -0.4 is 5.32 Å². The number of carbonyl (C=O) groups is 1. The predicted octanol–water partition coefficient (Wildman–Crippen LogP) is 1.16. The number of thiol groups is 2. The second kappa shape index (κ2) is 4.29. The van der Waals surface area contributed by atoms with Crippen molar-refractivity contribution in [3.8, 4) is 0 Å². The van der Waals surface area contributed by atoms with Crippen LogP contribution in [0.1, 0.15) is 0 Å². The van der Waals surface area contributed by atoms with Crippen molar-refractivity contribution in [1.82, 2.24) is 5.32 Å². The minimum absolute atomic E-state index is 0.267. The Labute approximate surface area is 72.2 Å². The van der Waals surface area contributed by atoms with Crippen molar-refractivity contribution in [1.29, 1.82) is 0 Å². The molecule has 0 saturated carbocycles. The summed E-state index contributed by atoms with van der Waals surface area (Å²) in [6.45, 7) is 0. The van der Waals surface area contributed by atoms with Crippen LogP contribution in [0.5, 0.6) is 0 Å². The maximum Gasteiger partial charge on any atom is 0.405 e. The molecule has 0 rings (SSSR count). The van der Waals surface area contributed by atoms with Crippen LogP contribution in [0.15, 0.2) is 0 Å². The van der Waals surface area contributed by atoms with Gasteiger partial charge in [0.15, 0.2) is 0 Å². The van der Waals surface area contributed by atoms with Crippen molar-refractivity contribution in [2.24, 2.45) is 0 Å². The van der Waals surface area contributed by atoms with Crippen LogP contribution in [0.3, 0.4) is 0 Å². The minimum Gasteiger partial charge on any atom is -0.465 e. The molecule has 6 heteroatoms. The van der Waals surface area contributed by atoms with Gasteiger partial charge in [-0.05, 0) is 0 Å². The molecule has 0 aromatic heterocycles. The zero-order valence-corrected chi connectivity index (χ0v) is 7.66. The summed E-state index contributed by atoms with van der Waals surface area (Å²) in [6.07, 6.45) is -1.10. The van der Waals surface area contributed by atoms with E-state index >= 15 is 0 Å². The summed E-state index contributed by atoms with van der Waals surface area (Å²) in [5, 5.41) is 9.74. The highest BCUT2D eigenvalue weighted by Crippen LogP contribution is 2.12. The van der Waals surface area contributed by atoms with Crippen LogP contribution in [0.25, 0.3) is 0 Å². The van der Waals surface area contributed by atoms with E-state index in [1.165, 1.54) is 0 Å². The number of halogens is 1. The van der Waals surface area contributed by atoms with Crippen LogP contribution in [0.2, 0.25) is 0 Å². The van der Waals surface area contributed by atoms with E-state index in [2.05, 4.69) is 46.5 Å². The average Bonchev–Trinajstić information content (AvgIpc) is 1.63. The molecule has 0 aliphatic heterocycles. The Balaban J connectivity index is 3.50. The highest BCUT2D eigenvalue weighted by atomic mass is 79.9. The van der Waals surface area contributed by atoms with E-state index in [0.717, 1.165) is 0 Å². The number of hydrogen-bond acceptors (Lipinski definition) is 3. The monoisotopic (exact) mass is 231 g/mol. The molecule has 2 atom stereocenters. The number of rotatable bonds is 2. The summed E-state index contributed by atoms with van der Waals surface area (Å²) in [5.41, 5.74) is 0. The average molecular weight is 232 g/mol. The van der Waals surface area contributed by atoms with Crippen molar-refractivity contribution in [2.45, 2.75) is 9.53 Å². The van der Waals surface area contributed by atoms with Gasteiger partial charge in [-0.1, -0.05) is 15.9 Å². The van der Waals surface area contributed by atoms with Crippen molar-refractivity contribution in [3.05, 3.63) is 0 Å². The summed E-state index contributed by atoms with van der Waals surface area (Å²) >= 11 is 10.8. The van der Waals surface area contributed by atoms with E-state index in [0.29, 0.717) is 0 Å². The van der Waals surface area contributed by atoms with Crippen molar-refractivity contribution < 1.29 is 9.90 Å². The van der Waals surface area contributed by atoms with Gasteiger partial charge in [0.2, 0.25) is 0 Å². The third-order valence-corrected chi connectivity index (χ3v) is 2.43. The molecule has 0 aliphatic rings. The van der Waals surface area contributed by atoms with Crippen molar-refractivity contribution >= 4 is 47.3 Å². The molecule has 9 heavy (non-hydrogen) atoms.